The number of rotatable bonds is 10. The standard InChI is InChI=1S/C18H27F2NO2S/c1-6-15(9-8-12(3)13(4)11-24-7-2)17(22)16(10-19)21-18(23)14(5)20/h6,8-9,11,14,16-17,22H,1,7,10H2,2-5H3,(H,21,23)/b12-8+,13-11+,15-9+. The Kier molecular flexibility index (Phi) is 11.3. The second-order valence-corrected chi connectivity index (χ2v) is 6.45. The van der Waals surface area contributed by atoms with Gasteiger partial charge in [0.05, 0.1) is 6.04 Å². The van der Waals surface area contributed by atoms with Crippen LogP contribution >= 0.6 is 11.8 Å². The van der Waals surface area contributed by atoms with Gasteiger partial charge in [-0.25, -0.2) is 8.78 Å². The average molecular weight is 359 g/mol. The monoisotopic (exact) mass is 359 g/mol. The van der Waals surface area contributed by atoms with E-state index in [2.05, 4.69) is 18.8 Å². The predicted octanol–water partition coefficient (Wildman–Crippen LogP) is 3.88. The Morgan fingerprint density at radius 2 is 1.96 bits per heavy atom. The van der Waals surface area contributed by atoms with E-state index in [4.69, 9.17) is 0 Å². The summed E-state index contributed by atoms with van der Waals surface area (Å²) in [6.45, 7) is 9.59. The topological polar surface area (TPSA) is 49.3 Å². The molecule has 0 fully saturated rings. The first-order valence-electron chi connectivity index (χ1n) is 7.76. The first-order valence-corrected chi connectivity index (χ1v) is 8.81. The first kappa shape index (κ1) is 22.6. The molecule has 0 radical (unpaired) electrons. The third-order valence-corrected chi connectivity index (χ3v) is 4.24. The summed E-state index contributed by atoms with van der Waals surface area (Å²) >= 11 is 1.68. The zero-order valence-electron chi connectivity index (χ0n) is 14.7. The highest BCUT2D eigenvalue weighted by atomic mass is 32.2. The minimum Gasteiger partial charge on any atom is -0.386 e. The van der Waals surface area contributed by atoms with E-state index in [-0.39, 0.29) is 0 Å². The van der Waals surface area contributed by atoms with Crippen LogP contribution in [-0.4, -0.2) is 41.8 Å². The number of aliphatic hydroxyl groups is 1. The highest BCUT2D eigenvalue weighted by Crippen LogP contribution is 2.16. The summed E-state index contributed by atoms with van der Waals surface area (Å²) in [4.78, 5) is 11.4. The summed E-state index contributed by atoms with van der Waals surface area (Å²) in [5.74, 6) is 0.0179. The second kappa shape index (κ2) is 12.0. The molecule has 6 heteroatoms. The van der Waals surface area contributed by atoms with Gasteiger partial charge < -0.3 is 10.4 Å². The van der Waals surface area contributed by atoms with Crippen molar-refractivity contribution in [2.45, 2.75) is 46.0 Å². The van der Waals surface area contributed by atoms with Crippen LogP contribution in [0.2, 0.25) is 0 Å². The third kappa shape index (κ3) is 7.93. The van der Waals surface area contributed by atoms with Crippen molar-refractivity contribution in [2.75, 3.05) is 12.4 Å². The van der Waals surface area contributed by atoms with Crippen molar-refractivity contribution in [3.63, 3.8) is 0 Å². The molecule has 136 valence electrons. The van der Waals surface area contributed by atoms with Gasteiger partial charge >= 0.3 is 0 Å². The quantitative estimate of drug-likeness (QED) is 0.582. The van der Waals surface area contributed by atoms with Gasteiger partial charge in [-0.05, 0) is 48.7 Å². The Labute approximate surface area is 147 Å². The van der Waals surface area contributed by atoms with Crippen LogP contribution in [0.3, 0.4) is 0 Å². The number of hydrogen-bond donors (Lipinski definition) is 2. The fraction of sp³-hybridized carbons (Fsp3) is 0.500. The van der Waals surface area contributed by atoms with Gasteiger partial charge in [-0.2, -0.15) is 0 Å². The van der Waals surface area contributed by atoms with E-state index in [0.717, 1.165) is 23.8 Å². The van der Waals surface area contributed by atoms with Crippen LogP contribution in [0.25, 0.3) is 0 Å². The fourth-order valence-electron chi connectivity index (χ4n) is 1.67. The first-order chi connectivity index (χ1) is 11.3. The van der Waals surface area contributed by atoms with E-state index < -0.39 is 30.9 Å². The van der Waals surface area contributed by atoms with Crippen molar-refractivity contribution in [3.05, 3.63) is 46.9 Å². The fourth-order valence-corrected chi connectivity index (χ4v) is 2.28. The van der Waals surface area contributed by atoms with Gasteiger partial charge in [0.2, 0.25) is 0 Å². The van der Waals surface area contributed by atoms with E-state index in [0.29, 0.717) is 5.57 Å². The third-order valence-electron chi connectivity index (χ3n) is 3.39. The summed E-state index contributed by atoms with van der Waals surface area (Å²) in [6, 6.07) is -1.22. The molecular formula is C18H27F2NO2S. The lowest BCUT2D eigenvalue weighted by atomic mass is 10.0. The number of carbonyl (C=O) groups excluding carboxylic acids is 1. The Hall–Kier alpha value is -1.40. The van der Waals surface area contributed by atoms with Gasteiger partial charge in [0.25, 0.3) is 5.91 Å². The highest BCUT2D eigenvalue weighted by molar-refractivity contribution is 8.02. The molecule has 3 nitrogen and oxygen atoms in total. The van der Waals surface area contributed by atoms with Crippen molar-refractivity contribution < 1.29 is 18.7 Å². The lowest BCUT2D eigenvalue weighted by Crippen LogP contribution is -2.47. The summed E-state index contributed by atoms with van der Waals surface area (Å²) in [6.07, 6.45) is 1.72. The molecule has 0 aromatic rings. The molecule has 1 amide bonds. The molecular weight excluding hydrogens is 332 g/mol. The minimum atomic E-state index is -1.77. The summed E-state index contributed by atoms with van der Waals surface area (Å²) in [5, 5.41) is 14.4. The molecule has 3 unspecified atom stereocenters. The van der Waals surface area contributed by atoms with Crippen LogP contribution < -0.4 is 5.32 Å². The van der Waals surface area contributed by atoms with Gasteiger partial charge in [0.15, 0.2) is 6.17 Å². The molecule has 24 heavy (non-hydrogen) atoms. The number of alkyl halides is 2. The van der Waals surface area contributed by atoms with Crippen LogP contribution in [0.15, 0.2) is 46.9 Å². The van der Waals surface area contributed by atoms with Crippen LogP contribution in [0.4, 0.5) is 8.78 Å². The molecule has 0 spiro atoms. The predicted molar refractivity (Wildman–Crippen MR) is 98.4 cm³/mol. The SMILES string of the molecule is C=C\C(=C/C=C(C)/C(C)=C/SCC)C(O)C(CF)NC(=O)C(C)F. The molecule has 0 aromatic heterocycles. The number of amides is 1. The number of hydrogen-bond acceptors (Lipinski definition) is 3. The number of allylic oxidation sites excluding steroid dienone is 4. The van der Waals surface area contributed by atoms with Gasteiger partial charge in [-0.1, -0.05) is 31.7 Å². The van der Waals surface area contributed by atoms with E-state index in [1.807, 2.05) is 19.3 Å². The lowest BCUT2D eigenvalue weighted by molar-refractivity contribution is -0.126. The molecule has 0 rings (SSSR count). The molecule has 0 saturated heterocycles. The number of carbonyl (C=O) groups is 1. The molecule has 0 aliphatic carbocycles. The van der Waals surface area contributed by atoms with Gasteiger partial charge in [0.1, 0.15) is 12.8 Å². The largest absolute Gasteiger partial charge is 0.386 e. The summed E-state index contributed by atoms with van der Waals surface area (Å²) in [5.41, 5.74) is 2.41. The molecule has 0 aliphatic heterocycles. The molecule has 0 heterocycles. The van der Waals surface area contributed by atoms with Crippen LogP contribution in [0, 0.1) is 0 Å². The lowest BCUT2D eigenvalue weighted by Gasteiger charge is -2.22. The normalized spacial score (nSPS) is 17.2. The number of nitrogens with one attached hydrogen (secondary N) is 1. The maximum Gasteiger partial charge on any atom is 0.254 e. The smallest absolute Gasteiger partial charge is 0.254 e. The second-order valence-electron chi connectivity index (χ2n) is 5.31. The van der Waals surface area contributed by atoms with Gasteiger partial charge in [-0.15, -0.1) is 11.8 Å². The van der Waals surface area contributed by atoms with Crippen molar-refractivity contribution >= 4 is 17.7 Å². The Balaban J connectivity index is 5.21. The van der Waals surface area contributed by atoms with E-state index in [1.165, 1.54) is 6.08 Å². The number of aliphatic hydroxyl groups excluding tert-OH is 1. The maximum absolute atomic E-state index is 13.1. The Morgan fingerprint density at radius 3 is 2.42 bits per heavy atom. The van der Waals surface area contributed by atoms with Crippen LogP contribution in [0.5, 0.6) is 0 Å². The maximum atomic E-state index is 13.1. The molecule has 3 atom stereocenters. The van der Waals surface area contributed by atoms with Crippen LogP contribution in [-0.2, 0) is 4.79 Å². The zero-order chi connectivity index (χ0) is 18.7. The molecule has 0 aliphatic rings. The van der Waals surface area contributed by atoms with Gasteiger partial charge in [0, 0.05) is 0 Å². The summed E-state index contributed by atoms with van der Waals surface area (Å²) < 4.78 is 26.0. The highest BCUT2D eigenvalue weighted by Gasteiger charge is 2.25. The Bertz CT molecular complexity index is 513. The van der Waals surface area contributed by atoms with Crippen LogP contribution in [0.1, 0.15) is 27.7 Å². The van der Waals surface area contributed by atoms with E-state index in [1.54, 1.807) is 23.9 Å². The van der Waals surface area contributed by atoms with E-state index >= 15 is 0 Å². The number of thioether (sulfide) groups is 1. The average Bonchev–Trinajstić information content (AvgIpc) is 2.56. The summed E-state index contributed by atoms with van der Waals surface area (Å²) in [7, 11) is 0. The molecule has 0 bridgehead atoms. The minimum absolute atomic E-state index is 0.347. The Morgan fingerprint density at radius 1 is 1.33 bits per heavy atom. The van der Waals surface area contributed by atoms with E-state index in [9.17, 15) is 18.7 Å². The molecule has 0 aromatic carbocycles. The van der Waals surface area contributed by atoms with Crippen molar-refractivity contribution in [1.82, 2.24) is 5.32 Å². The van der Waals surface area contributed by atoms with Crippen molar-refractivity contribution in [1.29, 1.82) is 0 Å². The van der Waals surface area contributed by atoms with Crippen molar-refractivity contribution in [2.24, 2.45) is 0 Å². The van der Waals surface area contributed by atoms with Gasteiger partial charge in [-0.3, -0.25) is 4.79 Å². The molecule has 0 saturated carbocycles. The molecule has 2 N–H and O–H groups in total. The van der Waals surface area contributed by atoms with Crippen molar-refractivity contribution in [3.8, 4) is 0 Å². The zero-order valence-corrected chi connectivity index (χ0v) is 15.5. The number of halogens is 2.